The minimum Gasteiger partial charge on any atom is -0.497 e. The summed E-state index contributed by atoms with van der Waals surface area (Å²) < 4.78 is 5.16. The lowest BCUT2D eigenvalue weighted by molar-refractivity contribution is -0.136. The fourth-order valence-corrected chi connectivity index (χ4v) is 4.33. The summed E-state index contributed by atoms with van der Waals surface area (Å²) >= 11 is 1.62. The summed E-state index contributed by atoms with van der Waals surface area (Å²) in [5.41, 5.74) is 0.810. The predicted octanol–water partition coefficient (Wildman–Crippen LogP) is 1.85. The van der Waals surface area contributed by atoms with Crippen LogP contribution in [0.25, 0.3) is 0 Å². The van der Waals surface area contributed by atoms with Gasteiger partial charge in [-0.1, -0.05) is 0 Å². The first-order valence-electron chi connectivity index (χ1n) is 9.03. The zero-order chi connectivity index (χ0) is 18.8. The highest BCUT2D eigenvalue weighted by atomic mass is 32.1. The van der Waals surface area contributed by atoms with Gasteiger partial charge in [-0.2, -0.15) is 0 Å². The molecular formula is C19H22N4O3S. The van der Waals surface area contributed by atoms with Gasteiger partial charge in [0.1, 0.15) is 5.75 Å². The van der Waals surface area contributed by atoms with Crippen molar-refractivity contribution in [1.82, 2.24) is 9.88 Å². The van der Waals surface area contributed by atoms with Crippen molar-refractivity contribution >= 4 is 34.0 Å². The molecule has 0 aliphatic carbocycles. The molecule has 8 heteroatoms. The highest BCUT2D eigenvalue weighted by molar-refractivity contribution is 7.13. The van der Waals surface area contributed by atoms with Gasteiger partial charge >= 0.3 is 0 Å². The van der Waals surface area contributed by atoms with Crippen LogP contribution in [0.4, 0.5) is 10.8 Å². The number of ether oxygens (including phenoxy) is 1. The van der Waals surface area contributed by atoms with Crippen LogP contribution in [0.15, 0.2) is 35.8 Å². The third kappa shape index (κ3) is 3.62. The van der Waals surface area contributed by atoms with Crippen LogP contribution in [-0.4, -0.2) is 61.5 Å². The van der Waals surface area contributed by atoms with Crippen LogP contribution >= 0.6 is 11.3 Å². The molecular weight excluding hydrogens is 364 g/mol. The Kier molecular flexibility index (Phi) is 4.98. The van der Waals surface area contributed by atoms with E-state index in [0.29, 0.717) is 19.6 Å². The molecule has 0 saturated carbocycles. The number of amides is 2. The van der Waals surface area contributed by atoms with Crippen LogP contribution in [0.1, 0.15) is 6.42 Å². The van der Waals surface area contributed by atoms with E-state index >= 15 is 0 Å². The van der Waals surface area contributed by atoms with Gasteiger partial charge in [0.05, 0.1) is 13.0 Å². The fraction of sp³-hybridized carbons (Fsp3) is 0.421. The van der Waals surface area contributed by atoms with Gasteiger partial charge < -0.3 is 19.4 Å². The fourth-order valence-electron chi connectivity index (χ4n) is 3.63. The number of thiazole rings is 1. The minimum absolute atomic E-state index is 0.0000571. The lowest BCUT2D eigenvalue weighted by atomic mass is 10.1. The summed E-state index contributed by atoms with van der Waals surface area (Å²) in [6.07, 6.45) is 2.08. The molecule has 1 atom stereocenters. The number of hydrogen-bond donors (Lipinski definition) is 0. The molecule has 2 saturated heterocycles. The van der Waals surface area contributed by atoms with E-state index in [1.165, 1.54) is 0 Å². The summed E-state index contributed by atoms with van der Waals surface area (Å²) in [7, 11) is 1.61. The second-order valence-corrected chi connectivity index (χ2v) is 7.60. The predicted molar refractivity (Wildman–Crippen MR) is 104 cm³/mol. The van der Waals surface area contributed by atoms with E-state index < -0.39 is 0 Å². The number of anilines is 2. The molecule has 142 valence electrons. The van der Waals surface area contributed by atoms with Crippen LogP contribution in [0.5, 0.6) is 5.75 Å². The Bertz CT molecular complexity index is 801. The molecule has 0 radical (unpaired) electrons. The third-order valence-corrected chi connectivity index (χ3v) is 5.97. The maximum absolute atomic E-state index is 12.9. The molecule has 27 heavy (non-hydrogen) atoms. The van der Waals surface area contributed by atoms with Gasteiger partial charge in [-0.3, -0.25) is 9.59 Å². The van der Waals surface area contributed by atoms with Crippen molar-refractivity contribution < 1.29 is 14.3 Å². The normalized spacial score (nSPS) is 20.3. The molecule has 3 heterocycles. The van der Waals surface area contributed by atoms with E-state index in [1.807, 2.05) is 34.5 Å². The van der Waals surface area contributed by atoms with E-state index in [9.17, 15) is 9.59 Å². The second-order valence-electron chi connectivity index (χ2n) is 6.73. The molecule has 0 spiro atoms. The standard InChI is InChI=1S/C19H22N4O3S/c1-26-16-4-2-15(3-5-16)23-13-14(12-17(23)24)18(25)21-7-9-22(10-8-21)19-20-6-11-27-19/h2-6,11,14H,7-10,12-13H2,1H3. The van der Waals surface area contributed by atoms with Gasteiger partial charge in [0.25, 0.3) is 0 Å². The molecule has 0 bridgehead atoms. The first-order valence-corrected chi connectivity index (χ1v) is 9.91. The van der Waals surface area contributed by atoms with Crippen LogP contribution in [0, 0.1) is 5.92 Å². The van der Waals surface area contributed by atoms with E-state index in [0.717, 1.165) is 29.7 Å². The van der Waals surface area contributed by atoms with E-state index in [2.05, 4.69) is 9.88 Å². The van der Waals surface area contributed by atoms with Crippen molar-refractivity contribution in [2.75, 3.05) is 49.6 Å². The molecule has 2 fully saturated rings. The van der Waals surface area contributed by atoms with Gasteiger partial charge in [0.15, 0.2) is 5.13 Å². The molecule has 2 aromatic rings. The summed E-state index contributed by atoms with van der Waals surface area (Å²) in [6, 6.07) is 7.37. The maximum atomic E-state index is 12.9. The van der Waals surface area contributed by atoms with Crippen LogP contribution in [-0.2, 0) is 9.59 Å². The number of carbonyl (C=O) groups is 2. The molecule has 0 N–H and O–H groups in total. The topological polar surface area (TPSA) is 66.0 Å². The van der Waals surface area contributed by atoms with E-state index in [4.69, 9.17) is 4.74 Å². The lowest BCUT2D eigenvalue weighted by Gasteiger charge is -2.35. The zero-order valence-corrected chi connectivity index (χ0v) is 16.0. The Hall–Kier alpha value is -2.61. The van der Waals surface area contributed by atoms with Crippen LogP contribution in [0.3, 0.4) is 0 Å². The summed E-state index contributed by atoms with van der Waals surface area (Å²) in [5, 5.41) is 2.97. The van der Waals surface area contributed by atoms with Crippen molar-refractivity contribution in [3.63, 3.8) is 0 Å². The minimum atomic E-state index is -0.272. The van der Waals surface area contributed by atoms with Gasteiger partial charge in [0.2, 0.25) is 11.8 Å². The number of piperazine rings is 1. The highest BCUT2D eigenvalue weighted by Gasteiger charge is 2.38. The number of carbonyl (C=O) groups excluding carboxylic acids is 2. The maximum Gasteiger partial charge on any atom is 0.228 e. The van der Waals surface area contributed by atoms with E-state index in [-0.39, 0.29) is 24.2 Å². The second kappa shape index (κ2) is 7.56. The molecule has 2 amide bonds. The molecule has 7 nitrogen and oxygen atoms in total. The first kappa shape index (κ1) is 17.8. The van der Waals surface area contributed by atoms with Crippen molar-refractivity contribution in [2.45, 2.75) is 6.42 Å². The Balaban J connectivity index is 1.36. The van der Waals surface area contributed by atoms with Gasteiger partial charge in [-0.05, 0) is 24.3 Å². The van der Waals surface area contributed by atoms with Crippen molar-refractivity contribution in [2.24, 2.45) is 5.92 Å². The lowest BCUT2D eigenvalue weighted by Crippen LogP contribution is -2.50. The Morgan fingerprint density at radius 3 is 2.56 bits per heavy atom. The summed E-state index contributed by atoms with van der Waals surface area (Å²) in [5.74, 6) is 0.556. The van der Waals surface area contributed by atoms with Gasteiger partial charge in [-0.25, -0.2) is 4.98 Å². The number of nitrogens with zero attached hydrogens (tertiary/aromatic N) is 4. The number of benzene rings is 1. The molecule has 1 aromatic carbocycles. The molecule has 2 aliphatic rings. The van der Waals surface area contributed by atoms with Gasteiger partial charge in [-0.15, -0.1) is 11.3 Å². The average molecular weight is 386 g/mol. The van der Waals surface area contributed by atoms with Gasteiger partial charge in [0, 0.05) is 56.4 Å². The van der Waals surface area contributed by atoms with Crippen molar-refractivity contribution in [3.8, 4) is 5.75 Å². The largest absolute Gasteiger partial charge is 0.497 e. The first-order chi connectivity index (χ1) is 13.2. The molecule has 1 aromatic heterocycles. The quantitative estimate of drug-likeness (QED) is 0.802. The zero-order valence-electron chi connectivity index (χ0n) is 15.2. The highest BCUT2D eigenvalue weighted by Crippen LogP contribution is 2.28. The summed E-state index contributed by atoms with van der Waals surface area (Å²) in [4.78, 5) is 35.5. The average Bonchev–Trinajstić information content (AvgIpc) is 3.38. The molecule has 4 rings (SSSR count). The van der Waals surface area contributed by atoms with Crippen molar-refractivity contribution in [1.29, 1.82) is 0 Å². The SMILES string of the molecule is COc1ccc(N2CC(C(=O)N3CCN(c4nccs4)CC3)CC2=O)cc1. The van der Waals surface area contributed by atoms with E-state index in [1.54, 1.807) is 29.5 Å². The Labute approximate surface area is 162 Å². The Morgan fingerprint density at radius 1 is 1.19 bits per heavy atom. The Morgan fingerprint density at radius 2 is 1.93 bits per heavy atom. The monoisotopic (exact) mass is 386 g/mol. The number of methoxy groups -OCH3 is 1. The molecule has 2 aliphatic heterocycles. The molecule has 1 unspecified atom stereocenters. The smallest absolute Gasteiger partial charge is 0.228 e. The third-order valence-electron chi connectivity index (χ3n) is 5.14. The summed E-state index contributed by atoms with van der Waals surface area (Å²) in [6.45, 7) is 3.35. The number of hydrogen-bond acceptors (Lipinski definition) is 6. The van der Waals surface area contributed by atoms with Crippen LogP contribution in [0.2, 0.25) is 0 Å². The van der Waals surface area contributed by atoms with Crippen molar-refractivity contribution in [3.05, 3.63) is 35.8 Å². The van der Waals surface area contributed by atoms with Crippen LogP contribution < -0.4 is 14.5 Å². The number of rotatable bonds is 4. The number of aromatic nitrogens is 1.